The molecule has 3 heteroatoms. The Balaban J connectivity index is 2.08. The van der Waals surface area contributed by atoms with Gasteiger partial charge in [0, 0.05) is 17.8 Å². The van der Waals surface area contributed by atoms with Crippen LogP contribution in [-0.2, 0) is 11.2 Å². The summed E-state index contributed by atoms with van der Waals surface area (Å²) in [5.41, 5.74) is 4.03. The monoisotopic (exact) mass is 277 g/mol. The van der Waals surface area contributed by atoms with E-state index in [1.54, 1.807) is 6.20 Å². The molecule has 2 aromatic carbocycles. The fourth-order valence-electron chi connectivity index (χ4n) is 2.57. The van der Waals surface area contributed by atoms with Crippen LogP contribution in [0.4, 0.5) is 0 Å². The minimum Gasteiger partial charge on any atom is -0.481 e. The largest absolute Gasteiger partial charge is 0.481 e. The minimum atomic E-state index is -0.809. The van der Waals surface area contributed by atoms with Crippen LogP contribution in [-0.4, -0.2) is 16.1 Å². The van der Waals surface area contributed by atoms with Gasteiger partial charge in [-0.3, -0.25) is 9.78 Å². The molecule has 0 aliphatic carbocycles. The summed E-state index contributed by atoms with van der Waals surface area (Å²) in [6, 6.07) is 14.1. The molecule has 3 aromatic rings. The maximum atomic E-state index is 10.9. The van der Waals surface area contributed by atoms with Gasteiger partial charge in [-0.15, -0.1) is 0 Å². The molecule has 0 radical (unpaired) electrons. The molecule has 0 spiro atoms. The number of pyridine rings is 1. The first kappa shape index (κ1) is 13.3. The van der Waals surface area contributed by atoms with Gasteiger partial charge in [0.1, 0.15) is 0 Å². The van der Waals surface area contributed by atoms with Gasteiger partial charge in [0.15, 0.2) is 0 Å². The van der Waals surface area contributed by atoms with Crippen molar-refractivity contribution in [3.05, 3.63) is 66.0 Å². The van der Waals surface area contributed by atoms with E-state index in [2.05, 4.69) is 17.1 Å². The third-order valence-corrected chi connectivity index (χ3v) is 3.47. The summed E-state index contributed by atoms with van der Waals surface area (Å²) in [5, 5.41) is 11.2. The first-order chi connectivity index (χ1) is 10.1. The zero-order valence-corrected chi connectivity index (χ0v) is 11.7. The molecule has 0 unspecified atom stereocenters. The number of hydrogen-bond acceptors (Lipinski definition) is 2. The lowest BCUT2D eigenvalue weighted by Crippen LogP contribution is -2.00. The van der Waals surface area contributed by atoms with Gasteiger partial charge in [-0.2, -0.15) is 0 Å². The van der Waals surface area contributed by atoms with Crippen LogP contribution < -0.4 is 0 Å². The van der Waals surface area contributed by atoms with Gasteiger partial charge < -0.3 is 5.11 Å². The molecule has 1 heterocycles. The zero-order chi connectivity index (χ0) is 14.8. The summed E-state index contributed by atoms with van der Waals surface area (Å²) in [6.07, 6.45) is 3.66. The Morgan fingerprint density at radius 1 is 1.05 bits per heavy atom. The molecule has 0 atom stereocenters. The summed E-state index contributed by atoms with van der Waals surface area (Å²) in [7, 11) is 0. The summed E-state index contributed by atoms with van der Waals surface area (Å²) in [6.45, 7) is 1.99. The predicted octanol–water partition coefficient (Wildman–Crippen LogP) is 3.84. The van der Waals surface area contributed by atoms with Gasteiger partial charge in [-0.05, 0) is 41.1 Å². The fourth-order valence-corrected chi connectivity index (χ4v) is 2.57. The number of aliphatic carboxylic acids is 1. The lowest BCUT2D eigenvalue weighted by molar-refractivity contribution is -0.136. The maximum Gasteiger partial charge on any atom is 0.307 e. The Hall–Kier alpha value is -2.68. The number of benzene rings is 2. The van der Waals surface area contributed by atoms with Crippen molar-refractivity contribution < 1.29 is 9.90 Å². The smallest absolute Gasteiger partial charge is 0.307 e. The predicted molar refractivity (Wildman–Crippen MR) is 83.3 cm³/mol. The second kappa shape index (κ2) is 5.37. The van der Waals surface area contributed by atoms with Crippen LogP contribution in [0.3, 0.4) is 0 Å². The number of aryl methyl sites for hydroxylation is 1. The number of aromatic nitrogens is 1. The van der Waals surface area contributed by atoms with E-state index >= 15 is 0 Å². The molecule has 1 N–H and O–H groups in total. The molecule has 3 rings (SSSR count). The number of carboxylic acid groups (broad SMARTS) is 1. The summed E-state index contributed by atoms with van der Waals surface area (Å²) in [4.78, 5) is 15.0. The molecule has 0 fully saturated rings. The van der Waals surface area contributed by atoms with E-state index in [1.165, 1.54) is 0 Å². The molecule has 0 bridgehead atoms. The molecule has 3 nitrogen and oxygen atoms in total. The van der Waals surface area contributed by atoms with E-state index in [-0.39, 0.29) is 6.42 Å². The van der Waals surface area contributed by atoms with Crippen molar-refractivity contribution in [1.29, 1.82) is 0 Å². The third kappa shape index (κ3) is 2.92. The second-order valence-corrected chi connectivity index (χ2v) is 5.22. The molecule has 0 aliphatic heterocycles. The third-order valence-electron chi connectivity index (χ3n) is 3.47. The highest BCUT2D eigenvalue weighted by atomic mass is 16.4. The number of carboxylic acids is 1. The number of nitrogens with zero attached hydrogens (tertiary/aromatic N) is 1. The maximum absolute atomic E-state index is 10.9. The first-order valence-corrected chi connectivity index (χ1v) is 6.78. The van der Waals surface area contributed by atoms with Gasteiger partial charge in [0.05, 0.1) is 6.42 Å². The summed E-state index contributed by atoms with van der Waals surface area (Å²) < 4.78 is 0. The Morgan fingerprint density at radius 3 is 2.71 bits per heavy atom. The molecule has 104 valence electrons. The van der Waals surface area contributed by atoms with Crippen molar-refractivity contribution in [2.75, 3.05) is 0 Å². The average Bonchev–Trinajstić information content (AvgIpc) is 2.45. The van der Waals surface area contributed by atoms with E-state index < -0.39 is 5.97 Å². The number of hydrogen-bond donors (Lipinski definition) is 1. The SMILES string of the molecule is Cc1cc(CC(=O)O)cc(-c2ccc3cnccc3c2)c1. The molecule has 21 heavy (non-hydrogen) atoms. The molecular weight excluding hydrogens is 262 g/mol. The standard InChI is InChI=1S/C18H15NO2/c1-12-6-13(9-18(20)21)8-17(7-12)14-2-3-16-11-19-5-4-15(16)10-14/h2-8,10-11H,9H2,1H3,(H,20,21). The van der Waals surface area contributed by atoms with Gasteiger partial charge in [0.25, 0.3) is 0 Å². The highest BCUT2D eigenvalue weighted by molar-refractivity contribution is 5.86. The van der Waals surface area contributed by atoms with Gasteiger partial charge in [-0.1, -0.05) is 35.9 Å². The van der Waals surface area contributed by atoms with E-state index in [0.717, 1.165) is 33.0 Å². The fraction of sp³-hybridized carbons (Fsp3) is 0.111. The molecular formula is C18H15NO2. The van der Waals surface area contributed by atoms with Crippen LogP contribution >= 0.6 is 0 Å². The first-order valence-electron chi connectivity index (χ1n) is 6.78. The van der Waals surface area contributed by atoms with Crippen molar-refractivity contribution >= 4 is 16.7 Å². The molecule has 0 saturated carbocycles. The van der Waals surface area contributed by atoms with Crippen molar-refractivity contribution in [3.63, 3.8) is 0 Å². The number of carbonyl (C=O) groups is 1. The Bertz CT molecular complexity index is 824. The molecule has 0 aliphatic rings. The average molecular weight is 277 g/mol. The second-order valence-electron chi connectivity index (χ2n) is 5.22. The lowest BCUT2D eigenvalue weighted by atomic mass is 9.97. The van der Waals surface area contributed by atoms with Crippen LogP contribution in [0.2, 0.25) is 0 Å². The Labute approximate surface area is 122 Å². The zero-order valence-electron chi connectivity index (χ0n) is 11.7. The molecule has 1 aromatic heterocycles. The van der Waals surface area contributed by atoms with Gasteiger partial charge in [-0.25, -0.2) is 0 Å². The van der Waals surface area contributed by atoms with Crippen molar-refractivity contribution in [3.8, 4) is 11.1 Å². The normalized spacial score (nSPS) is 10.7. The summed E-state index contributed by atoms with van der Waals surface area (Å²) >= 11 is 0. The van der Waals surface area contributed by atoms with Gasteiger partial charge >= 0.3 is 5.97 Å². The quantitative estimate of drug-likeness (QED) is 0.791. The molecule has 0 saturated heterocycles. The van der Waals surface area contributed by atoms with Crippen LogP contribution in [0.15, 0.2) is 54.9 Å². The number of fused-ring (bicyclic) bond motifs is 1. The van der Waals surface area contributed by atoms with Crippen LogP contribution in [0.1, 0.15) is 11.1 Å². The van der Waals surface area contributed by atoms with E-state index in [0.29, 0.717) is 0 Å². The van der Waals surface area contributed by atoms with E-state index in [9.17, 15) is 4.79 Å². The van der Waals surface area contributed by atoms with Crippen molar-refractivity contribution in [2.24, 2.45) is 0 Å². The number of rotatable bonds is 3. The Morgan fingerprint density at radius 2 is 1.90 bits per heavy atom. The van der Waals surface area contributed by atoms with Crippen LogP contribution in [0.25, 0.3) is 21.9 Å². The molecule has 0 amide bonds. The van der Waals surface area contributed by atoms with Crippen molar-refractivity contribution in [2.45, 2.75) is 13.3 Å². The van der Waals surface area contributed by atoms with Crippen LogP contribution in [0.5, 0.6) is 0 Å². The van der Waals surface area contributed by atoms with Crippen molar-refractivity contribution in [1.82, 2.24) is 4.98 Å². The summed E-state index contributed by atoms with van der Waals surface area (Å²) in [5.74, 6) is -0.809. The van der Waals surface area contributed by atoms with Crippen LogP contribution in [0, 0.1) is 6.92 Å². The Kier molecular flexibility index (Phi) is 3.40. The topological polar surface area (TPSA) is 50.2 Å². The van der Waals surface area contributed by atoms with Gasteiger partial charge in [0.2, 0.25) is 0 Å². The minimum absolute atomic E-state index is 0.0478. The van der Waals surface area contributed by atoms with E-state index in [1.807, 2.05) is 43.5 Å². The highest BCUT2D eigenvalue weighted by Crippen LogP contribution is 2.26. The lowest BCUT2D eigenvalue weighted by Gasteiger charge is -2.08. The highest BCUT2D eigenvalue weighted by Gasteiger charge is 2.06. The van der Waals surface area contributed by atoms with E-state index in [4.69, 9.17) is 5.11 Å².